The molecular formula is C31H30F2N4O4. The number of carbonyl (C=O) groups is 1. The molecule has 0 spiro atoms. The van der Waals surface area contributed by atoms with Crippen LogP contribution in [0.15, 0.2) is 30.5 Å². The maximum Gasteiger partial charge on any atom is 0.410 e. The molecule has 2 aliphatic rings. The van der Waals surface area contributed by atoms with Crippen LogP contribution in [-0.4, -0.2) is 58.0 Å². The van der Waals surface area contributed by atoms with Crippen molar-refractivity contribution in [1.82, 2.24) is 19.3 Å². The minimum absolute atomic E-state index is 0.00777. The average Bonchev–Trinajstić information content (AvgIpc) is 3.23. The largest absolute Gasteiger partial charge is 0.468 e. The lowest BCUT2D eigenvalue weighted by molar-refractivity contribution is 0.0270. The van der Waals surface area contributed by atoms with Crippen molar-refractivity contribution in [2.45, 2.75) is 39.2 Å². The van der Waals surface area contributed by atoms with Gasteiger partial charge in [0.05, 0.1) is 23.0 Å². The molecule has 4 aromatic rings. The molecule has 2 aromatic heterocycles. The second-order valence-corrected chi connectivity index (χ2v) is 11.6. The monoisotopic (exact) mass is 560 g/mol. The Hall–Kier alpha value is -4.23. The molecule has 1 aliphatic carbocycles. The van der Waals surface area contributed by atoms with Gasteiger partial charge in [-0.05, 0) is 63.1 Å². The first-order valence-electron chi connectivity index (χ1n) is 13.4. The van der Waals surface area contributed by atoms with Gasteiger partial charge in [0.25, 0.3) is 0 Å². The van der Waals surface area contributed by atoms with E-state index in [0.29, 0.717) is 46.5 Å². The molecule has 0 bridgehead atoms. The maximum atomic E-state index is 16.4. The fraction of sp³-hybridized carbons (Fsp3) is 0.387. The summed E-state index contributed by atoms with van der Waals surface area (Å²) < 4.78 is 48.7. The van der Waals surface area contributed by atoms with Crippen LogP contribution in [0.2, 0.25) is 0 Å². The topological polar surface area (TPSA) is 78.2 Å². The summed E-state index contributed by atoms with van der Waals surface area (Å²) in [5.74, 6) is 2.58. The fourth-order valence-electron chi connectivity index (χ4n) is 6.01. The SMILES string of the molecule is C#Cc1c(F)ccc2cc(OCOC)cc(-c3ncc4c(C5C6CN(C(=O)OC(C)(C)C)CC65)nc(C)n4c3F)c12. The van der Waals surface area contributed by atoms with Crippen molar-refractivity contribution in [1.29, 1.82) is 0 Å². The maximum absolute atomic E-state index is 16.4. The fourth-order valence-corrected chi connectivity index (χ4v) is 6.01. The summed E-state index contributed by atoms with van der Waals surface area (Å²) in [4.78, 5) is 23.5. The Labute approximate surface area is 236 Å². The van der Waals surface area contributed by atoms with Crippen LogP contribution in [0, 0.1) is 42.9 Å². The van der Waals surface area contributed by atoms with E-state index in [0.717, 1.165) is 5.69 Å². The number of amides is 1. The molecule has 3 heterocycles. The third-order valence-electron chi connectivity index (χ3n) is 7.76. The first-order chi connectivity index (χ1) is 19.5. The van der Waals surface area contributed by atoms with Crippen molar-refractivity contribution < 1.29 is 27.8 Å². The summed E-state index contributed by atoms with van der Waals surface area (Å²) in [6, 6.07) is 6.12. The number of nitrogens with zero attached hydrogens (tertiary/aromatic N) is 4. The van der Waals surface area contributed by atoms with E-state index in [1.54, 1.807) is 36.2 Å². The van der Waals surface area contributed by atoms with Crippen LogP contribution < -0.4 is 4.74 Å². The predicted molar refractivity (Wildman–Crippen MR) is 149 cm³/mol. The molecule has 6 rings (SSSR count). The minimum Gasteiger partial charge on any atom is -0.468 e. The number of methoxy groups -OCH3 is 1. The van der Waals surface area contributed by atoms with Crippen LogP contribution in [0.5, 0.6) is 5.75 Å². The van der Waals surface area contributed by atoms with Gasteiger partial charge in [-0.1, -0.05) is 12.0 Å². The van der Waals surface area contributed by atoms with E-state index in [4.69, 9.17) is 25.6 Å². The van der Waals surface area contributed by atoms with Gasteiger partial charge in [-0.3, -0.25) is 4.40 Å². The Morgan fingerprint density at radius 2 is 1.93 bits per heavy atom. The highest BCUT2D eigenvalue weighted by molar-refractivity contribution is 6.01. The van der Waals surface area contributed by atoms with Crippen molar-refractivity contribution in [3.63, 3.8) is 0 Å². The second-order valence-electron chi connectivity index (χ2n) is 11.6. The van der Waals surface area contributed by atoms with E-state index < -0.39 is 17.4 Å². The van der Waals surface area contributed by atoms with Gasteiger partial charge < -0.3 is 19.1 Å². The molecule has 2 atom stereocenters. The molecule has 1 aliphatic heterocycles. The van der Waals surface area contributed by atoms with Gasteiger partial charge in [-0.2, -0.15) is 4.39 Å². The number of hydrogen-bond acceptors (Lipinski definition) is 6. The smallest absolute Gasteiger partial charge is 0.410 e. The van der Waals surface area contributed by atoms with Crippen LogP contribution >= 0.6 is 0 Å². The highest BCUT2D eigenvalue weighted by Crippen LogP contribution is 2.59. The van der Waals surface area contributed by atoms with E-state index >= 15 is 4.39 Å². The molecule has 2 aromatic carbocycles. The van der Waals surface area contributed by atoms with Gasteiger partial charge in [0.15, 0.2) is 6.79 Å². The van der Waals surface area contributed by atoms with E-state index in [-0.39, 0.29) is 41.9 Å². The Kier molecular flexibility index (Phi) is 6.38. The molecule has 8 nitrogen and oxygen atoms in total. The third-order valence-corrected chi connectivity index (χ3v) is 7.76. The zero-order valence-corrected chi connectivity index (χ0v) is 23.5. The number of aromatic nitrogens is 3. The van der Waals surface area contributed by atoms with Gasteiger partial charge in [0.1, 0.15) is 28.7 Å². The number of hydrogen-bond donors (Lipinski definition) is 0. The summed E-state index contributed by atoms with van der Waals surface area (Å²) in [7, 11) is 1.49. The molecule has 2 unspecified atom stereocenters. The summed E-state index contributed by atoms with van der Waals surface area (Å²) in [6.07, 6.45) is 6.95. The number of carbonyl (C=O) groups excluding carboxylic acids is 1. The van der Waals surface area contributed by atoms with E-state index in [1.807, 2.05) is 20.8 Å². The van der Waals surface area contributed by atoms with Crippen molar-refractivity contribution in [3.05, 3.63) is 59.3 Å². The second kappa shape index (κ2) is 9.70. The zero-order chi connectivity index (χ0) is 29.2. The highest BCUT2D eigenvalue weighted by Gasteiger charge is 2.59. The van der Waals surface area contributed by atoms with E-state index in [9.17, 15) is 9.18 Å². The number of likely N-dealkylation sites (tertiary alicyclic amines) is 1. The van der Waals surface area contributed by atoms with Gasteiger partial charge in [0, 0.05) is 37.1 Å². The molecule has 0 radical (unpaired) electrons. The lowest BCUT2D eigenvalue weighted by Gasteiger charge is -2.25. The number of benzene rings is 2. The van der Waals surface area contributed by atoms with Crippen LogP contribution in [0.4, 0.5) is 13.6 Å². The normalized spacial score (nSPS) is 19.9. The quantitative estimate of drug-likeness (QED) is 0.231. The Morgan fingerprint density at radius 3 is 2.59 bits per heavy atom. The molecule has 1 amide bonds. The molecular weight excluding hydrogens is 530 g/mol. The van der Waals surface area contributed by atoms with Crippen molar-refractivity contribution in [2.75, 3.05) is 27.0 Å². The van der Waals surface area contributed by atoms with Crippen LogP contribution in [0.1, 0.15) is 43.8 Å². The van der Waals surface area contributed by atoms with Crippen molar-refractivity contribution >= 4 is 22.4 Å². The van der Waals surface area contributed by atoms with Crippen molar-refractivity contribution in [2.24, 2.45) is 11.8 Å². The summed E-state index contributed by atoms with van der Waals surface area (Å²) in [5, 5.41) is 0.938. The Bertz CT molecular complexity index is 1740. The molecule has 1 saturated heterocycles. The van der Waals surface area contributed by atoms with Crippen molar-refractivity contribution in [3.8, 4) is 29.4 Å². The molecule has 41 heavy (non-hydrogen) atoms. The number of aryl methyl sites for hydroxylation is 1. The molecule has 0 N–H and O–H groups in total. The van der Waals surface area contributed by atoms with E-state index in [2.05, 4.69) is 10.9 Å². The number of fused-ring (bicyclic) bond motifs is 3. The van der Waals surface area contributed by atoms with Gasteiger partial charge in [0.2, 0.25) is 5.95 Å². The summed E-state index contributed by atoms with van der Waals surface area (Å²) >= 11 is 0. The lowest BCUT2D eigenvalue weighted by Crippen LogP contribution is -2.36. The molecule has 212 valence electrons. The van der Waals surface area contributed by atoms with Crippen LogP contribution in [-0.2, 0) is 9.47 Å². The number of terminal acetylenes is 1. The highest BCUT2D eigenvalue weighted by atomic mass is 19.1. The Morgan fingerprint density at radius 1 is 1.20 bits per heavy atom. The molecule has 1 saturated carbocycles. The first-order valence-corrected chi connectivity index (χ1v) is 13.4. The number of imidazole rings is 1. The number of halogens is 2. The first kappa shape index (κ1) is 27.0. The number of ether oxygens (including phenoxy) is 3. The summed E-state index contributed by atoms with van der Waals surface area (Å²) in [6.45, 7) is 8.37. The molecule has 2 fully saturated rings. The minimum atomic E-state index is -0.641. The van der Waals surface area contributed by atoms with Gasteiger partial charge in [-0.15, -0.1) is 6.42 Å². The average molecular weight is 561 g/mol. The standard InChI is InChI=1S/C31H30F2N4O4/c1-7-19-23(32)9-8-17-10-18(40-15-39-6)11-20(25(17)19)27-29(33)37-16(2)35-28(24(37)12-34-27)26-21-13-36(14-22(21)26)30(38)41-31(3,4)5/h1,8-12,21-22,26H,13-15H2,2-6H3. The van der Waals surface area contributed by atoms with Crippen LogP contribution in [0.25, 0.3) is 27.5 Å². The Balaban J connectivity index is 1.39. The predicted octanol–water partition coefficient (Wildman–Crippen LogP) is 5.68. The molecule has 10 heteroatoms. The van der Waals surface area contributed by atoms with E-state index in [1.165, 1.54) is 17.6 Å². The van der Waals surface area contributed by atoms with Crippen LogP contribution in [0.3, 0.4) is 0 Å². The number of rotatable bonds is 5. The number of piperidine rings is 1. The third kappa shape index (κ3) is 4.54. The van der Waals surface area contributed by atoms with Gasteiger partial charge in [-0.25, -0.2) is 19.2 Å². The zero-order valence-electron chi connectivity index (χ0n) is 23.5. The van der Waals surface area contributed by atoms with Gasteiger partial charge >= 0.3 is 6.09 Å². The summed E-state index contributed by atoms with van der Waals surface area (Å²) in [5.41, 5.74) is 1.07. The lowest BCUT2D eigenvalue weighted by atomic mass is 9.96.